The number of hydrogen-bond donors (Lipinski definition) is 1. The summed E-state index contributed by atoms with van der Waals surface area (Å²) in [7, 11) is 0. The van der Waals surface area contributed by atoms with Gasteiger partial charge in [0.05, 0.1) is 6.10 Å². The standard InChI is InChI=1S/C26H26N4O4/c1-16-7-4-10-22(18(16)3)34-25-21(26(32)30-11-5-8-17(2)23(30)29-25)13-19(14-27)24(31)28-15-20-9-6-12-33-20/h4-5,7-8,10-11,13,20H,6,9,12,15H2,1-3H3,(H,28,31)/b19-13+. The van der Waals surface area contributed by atoms with E-state index in [1.807, 2.05) is 45.0 Å². The van der Waals surface area contributed by atoms with Crippen molar-refractivity contribution in [3.05, 3.63) is 74.7 Å². The molecule has 0 aliphatic carbocycles. The number of amides is 1. The van der Waals surface area contributed by atoms with E-state index in [0.29, 0.717) is 24.5 Å². The monoisotopic (exact) mass is 458 g/mol. The van der Waals surface area contributed by atoms with Gasteiger partial charge in [0.15, 0.2) is 0 Å². The number of hydrogen-bond acceptors (Lipinski definition) is 6. The molecule has 1 N–H and O–H groups in total. The zero-order valence-corrected chi connectivity index (χ0v) is 19.4. The van der Waals surface area contributed by atoms with Crippen molar-refractivity contribution >= 4 is 17.6 Å². The maximum absolute atomic E-state index is 13.4. The fourth-order valence-corrected chi connectivity index (χ4v) is 3.83. The maximum atomic E-state index is 13.4. The van der Waals surface area contributed by atoms with Crippen LogP contribution in [0.25, 0.3) is 11.7 Å². The Bertz CT molecular complexity index is 1380. The van der Waals surface area contributed by atoms with Gasteiger partial charge in [-0.2, -0.15) is 10.2 Å². The van der Waals surface area contributed by atoms with Crippen LogP contribution in [0.4, 0.5) is 0 Å². The van der Waals surface area contributed by atoms with Gasteiger partial charge in [-0.05, 0) is 68.5 Å². The molecular weight excluding hydrogens is 432 g/mol. The fourth-order valence-electron chi connectivity index (χ4n) is 3.83. The number of pyridine rings is 1. The summed E-state index contributed by atoms with van der Waals surface area (Å²) in [6.07, 6.45) is 4.58. The SMILES string of the molecule is Cc1cccc(Oc2nc3c(C)cccn3c(=O)c2/C=C(\C#N)C(=O)NCC2CCCO2)c1C. The van der Waals surface area contributed by atoms with Crippen LogP contribution in [0.3, 0.4) is 0 Å². The Kier molecular flexibility index (Phi) is 6.75. The van der Waals surface area contributed by atoms with E-state index in [1.165, 1.54) is 10.5 Å². The molecule has 0 saturated carbocycles. The molecule has 1 amide bonds. The number of nitriles is 1. The molecule has 3 aromatic rings. The summed E-state index contributed by atoms with van der Waals surface area (Å²) in [4.78, 5) is 30.7. The van der Waals surface area contributed by atoms with Crippen LogP contribution in [-0.4, -0.2) is 34.5 Å². The molecule has 0 radical (unpaired) electrons. The quantitative estimate of drug-likeness (QED) is 0.447. The summed E-state index contributed by atoms with van der Waals surface area (Å²) in [6.45, 7) is 6.69. The van der Waals surface area contributed by atoms with Crippen molar-refractivity contribution in [2.24, 2.45) is 0 Å². The lowest BCUT2D eigenvalue weighted by Gasteiger charge is -2.14. The zero-order chi connectivity index (χ0) is 24.2. The Hall–Kier alpha value is -3.96. The third-order valence-corrected chi connectivity index (χ3v) is 5.98. The molecule has 34 heavy (non-hydrogen) atoms. The second-order valence-corrected chi connectivity index (χ2v) is 8.34. The van der Waals surface area contributed by atoms with E-state index in [2.05, 4.69) is 10.3 Å². The lowest BCUT2D eigenvalue weighted by Crippen LogP contribution is -2.32. The fraction of sp³-hybridized carbons (Fsp3) is 0.308. The predicted molar refractivity (Wildman–Crippen MR) is 128 cm³/mol. The van der Waals surface area contributed by atoms with E-state index in [1.54, 1.807) is 18.3 Å². The summed E-state index contributed by atoms with van der Waals surface area (Å²) in [6, 6.07) is 11.1. The summed E-state index contributed by atoms with van der Waals surface area (Å²) in [5, 5.41) is 12.4. The Morgan fingerprint density at radius 1 is 1.29 bits per heavy atom. The van der Waals surface area contributed by atoms with Crippen LogP contribution in [0.2, 0.25) is 0 Å². The highest BCUT2D eigenvalue weighted by molar-refractivity contribution is 6.01. The Morgan fingerprint density at radius 3 is 2.82 bits per heavy atom. The highest BCUT2D eigenvalue weighted by Gasteiger charge is 2.20. The topological polar surface area (TPSA) is 106 Å². The Labute approximate surface area is 197 Å². The number of fused-ring (bicyclic) bond motifs is 1. The summed E-state index contributed by atoms with van der Waals surface area (Å²) < 4.78 is 13.0. The largest absolute Gasteiger partial charge is 0.438 e. The third-order valence-electron chi connectivity index (χ3n) is 5.98. The first-order valence-corrected chi connectivity index (χ1v) is 11.2. The number of aromatic nitrogens is 2. The second-order valence-electron chi connectivity index (χ2n) is 8.34. The molecule has 1 fully saturated rings. The Morgan fingerprint density at radius 2 is 2.09 bits per heavy atom. The van der Waals surface area contributed by atoms with E-state index in [-0.39, 0.29) is 23.1 Å². The van der Waals surface area contributed by atoms with Crippen molar-refractivity contribution in [3.63, 3.8) is 0 Å². The van der Waals surface area contributed by atoms with Crippen LogP contribution in [0.5, 0.6) is 11.6 Å². The summed E-state index contributed by atoms with van der Waals surface area (Å²) in [5.41, 5.74) is 2.52. The highest BCUT2D eigenvalue weighted by atomic mass is 16.5. The zero-order valence-electron chi connectivity index (χ0n) is 19.4. The smallest absolute Gasteiger partial charge is 0.269 e. The number of carbonyl (C=O) groups excluding carboxylic acids is 1. The molecule has 1 aromatic carbocycles. The van der Waals surface area contributed by atoms with E-state index < -0.39 is 11.5 Å². The van der Waals surface area contributed by atoms with Crippen LogP contribution in [0, 0.1) is 32.1 Å². The molecule has 0 spiro atoms. The van der Waals surface area contributed by atoms with Gasteiger partial charge in [-0.25, -0.2) is 0 Å². The van der Waals surface area contributed by atoms with Crippen LogP contribution in [-0.2, 0) is 9.53 Å². The molecule has 3 heterocycles. The van der Waals surface area contributed by atoms with E-state index in [9.17, 15) is 14.9 Å². The van der Waals surface area contributed by atoms with Gasteiger partial charge in [0.1, 0.15) is 28.6 Å². The second kappa shape index (κ2) is 9.89. The van der Waals surface area contributed by atoms with Crippen molar-refractivity contribution in [3.8, 4) is 17.7 Å². The van der Waals surface area contributed by atoms with Gasteiger partial charge in [0.25, 0.3) is 11.5 Å². The van der Waals surface area contributed by atoms with Gasteiger partial charge in [-0.15, -0.1) is 0 Å². The maximum Gasteiger partial charge on any atom is 0.269 e. The normalized spacial score (nSPS) is 15.8. The van der Waals surface area contributed by atoms with Gasteiger partial charge in [0, 0.05) is 19.3 Å². The van der Waals surface area contributed by atoms with Crippen LogP contribution in [0.1, 0.15) is 35.1 Å². The third kappa shape index (κ3) is 4.70. The predicted octanol–water partition coefficient (Wildman–Crippen LogP) is 3.61. The summed E-state index contributed by atoms with van der Waals surface area (Å²) >= 11 is 0. The van der Waals surface area contributed by atoms with Crippen molar-refractivity contribution in [2.75, 3.05) is 13.2 Å². The summed E-state index contributed by atoms with van der Waals surface area (Å²) in [5.74, 6) is -0.00192. The Balaban J connectivity index is 1.79. The molecule has 1 unspecified atom stereocenters. The van der Waals surface area contributed by atoms with E-state index in [0.717, 1.165) is 29.5 Å². The highest BCUT2D eigenvalue weighted by Crippen LogP contribution is 2.28. The van der Waals surface area contributed by atoms with E-state index >= 15 is 0 Å². The number of nitrogens with zero attached hydrogens (tertiary/aromatic N) is 3. The van der Waals surface area contributed by atoms with Crippen molar-refractivity contribution in [2.45, 2.75) is 39.7 Å². The van der Waals surface area contributed by atoms with Gasteiger partial charge in [-0.1, -0.05) is 18.2 Å². The van der Waals surface area contributed by atoms with Crippen molar-refractivity contribution in [1.29, 1.82) is 5.26 Å². The number of rotatable bonds is 6. The number of ether oxygens (including phenoxy) is 2. The molecule has 4 rings (SSSR count). The van der Waals surface area contributed by atoms with Crippen molar-refractivity contribution in [1.82, 2.24) is 14.7 Å². The van der Waals surface area contributed by atoms with E-state index in [4.69, 9.17) is 9.47 Å². The first-order chi connectivity index (χ1) is 16.4. The van der Waals surface area contributed by atoms with Gasteiger partial charge in [0.2, 0.25) is 5.88 Å². The van der Waals surface area contributed by atoms with Crippen LogP contribution >= 0.6 is 0 Å². The minimum Gasteiger partial charge on any atom is -0.438 e. The molecule has 1 atom stereocenters. The molecule has 1 saturated heterocycles. The molecule has 1 aliphatic rings. The number of carbonyl (C=O) groups is 1. The minimum atomic E-state index is -0.579. The van der Waals surface area contributed by atoms with Crippen LogP contribution < -0.4 is 15.6 Å². The molecular formula is C26H26N4O4. The molecule has 8 nitrogen and oxygen atoms in total. The lowest BCUT2D eigenvalue weighted by molar-refractivity contribution is -0.117. The first-order valence-electron chi connectivity index (χ1n) is 11.2. The number of benzene rings is 1. The van der Waals surface area contributed by atoms with Gasteiger partial charge < -0.3 is 14.8 Å². The molecule has 8 heteroatoms. The van der Waals surface area contributed by atoms with Gasteiger partial charge >= 0.3 is 0 Å². The number of aryl methyl sites for hydroxylation is 2. The van der Waals surface area contributed by atoms with Crippen LogP contribution in [0.15, 0.2) is 46.9 Å². The lowest BCUT2D eigenvalue weighted by atomic mass is 10.1. The minimum absolute atomic E-state index is 0.0211. The number of nitrogens with one attached hydrogen (secondary N) is 1. The first kappa shape index (κ1) is 23.2. The van der Waals surface area contributed by atoms with Gasteiger partial charge in [-0.3, -0.25) is 14.0 Å². The molecule has 174 valence electrons. The average Bonchev–Trinajstić information content (AvgIpc) is 3.35. The molecule has 0 bridgehead atoms. The van der Waals surface area contributed by atoms with Crippen molar-refractivity contribution < 1.29 is 14.3 Å². The average molecular weight is 459 g/mol. The molecule has 1 aliphatic heterocycles. The molecule has 2 aromatic heterocycles.